The molecule has 1 heterocycles. The molecular formula is C17H28N4O3. The largest absolute Gasteiger partial charge is 0.383 e. The maximum absolute atomic E-state index is 12.4. The van der Waals surface area contributed by atoms with Crippen molar-refractivity contribution in [2.75, 3.05) is 20.8 Å². The summed E-state index contributed by atoms with van der Waals surface area (Å²) in [5, 5.41) is 10.8. The molecule has 1 fully saturated rings. The molecule has 2 N–H and O–H groups in total. The van der Waals surface area contributed by atoms with Gasteiger partial charge in [0, 0.05) is 20.4 Å². The minimum absolute atomic E-state index is 0.0139. The second kappa shape index (κ2) is 7.98. The molecule has 7 heteroatoms. The van der Waals surface area contributed by atoms with Crippen molar-refractivity contribution in [3.8, 4) is 0 Å². The Hall–Kier alpha value is -1.60. The van der Waals surface area contributed by atoms with Gasteiger partial charge >= 0.3 is 6.03 Å². The Bertz CT molecular complexity index is 560. The van der Waals surface area contributed by atoms with Gasteiger partial charge in [-0.3, -0.25) is 4.68 Å². The lowest BCUT2D eigenvalue weighted by Crippen LogP contribution is -2.47. The number of amides is 2. The van der Waals surface area contributed by atoms with Crippen LogP contribution in [0.3, 0.4) is 0 Å². The highest BCUT2D eigenvalue weighted by Gasteiger charge is 2.30. The van der Waals surface area contributed by atoms with Crippen LogP contribution in [0.2, 0.25) is 0 Å². The number of fused-ring (bicyclic) bond motifs is 1. The third kappa shape index (κ3) is 3.89. The number of nitrogens with zero attached hydrogens (tertiary/aromatic N) is 2. The predicted octanol–water partition coefficient (Wildman–Crippen LogP) is 1.77. The van der Waals surface area contributed by atoms with E-state index in [1.807, 2.05) is 4.68 Å². The lowest BCUT2D eigenvalue weighted by molar-refractivity contribution is 0.0872. The molecule has 0 spiro atoms. The van der Waals surface area contributed by atoms with Gasteiger partial charge in [-0.25, -0.2) is 4.79 Å². The van der Waals surface area contributed by atoms with Crippen LogP contribution >= 0.6 is 0 Å². The highest BCUT2D eigenvalue weighted by molar-refractivity contribution is 5.75. The Morgan fingerprint density at radius 2 is 2.17 bits per heavy atom. The summed E-state index contributed by atoms with van der Waals surface area (Å²) in [5.41, 5.74) is 2.24. The van der Waals surface area contributed by atoms with Crippen LogP contribution in [-0.4, -0.2) is 48.8 Å². The number of rotatable bonds is 6. The first-order valence-electron chi connectivity index (χ1n) is 8.86. The number of hydrogen-bond donors (Lipinski definition) is 2. The molecule has 24 heavy (non-hydrogen) atoms. The van der Waals surface area contributed by atoms with Gasteiger partial charge in [-0.1, -0.05) is 0 Å². The molecule has 1 saturated carbocycles. The molecule has 2 aliphatic rings. The number of urea groups is 1. The molecule has 3 atom stereocenters. The van der Waals surface area contributed by atoms with E-state index in [2.05, 4.69) is 21.9 Å². The number of aryl methyl sites for hydroxylation is 1. The van der Waals surface area contributed by atoms with Gasteiger partial charge in [0.1, 0.15) is 0 Å². The minimum Gasteiger partial charge on any atom is -0.383 e. The van der Waals surface area contributed by atoms with E-state index in [0.29, 0.717) is 6.61 Å². The third-order valence-corrected chi connectivity index (χ3v) is 5.04. The maximum Gasteiger partial charge on any atom is 0.315 e. The van der Waals surface area contributed by atoms with Crippen molar-refractivity contribution in [2.45, 2.75) is 63.3 Å². The van der Waals surface area contributed by atoms with Crippen LogP contribution in [0.25, 0.3) is 0 Å². The summed E-state index contributed by atoms with van der Waals surface area (Å²) >= 11 is 0. The zero-order valence-corrected chi connectivity index (χ0v) is 14.6. The molecule has 134 valence electrons. The Balaban J connectivity index is 1.60. The quantitative estimate of drug-likeness (QED) is 0.830. The van der Waals surface area contributed by atoms with Crippen molar-refractivity contribution in [1.82, 2.24) is 20.4 Å². The van der Waals surface area contributed by atoms with E-state index in [0.717, 1.165) is 50.8 Å². The Kier molecular flexibility index (Phi) is 5.73. The molecule has 0 unspecified atom stereocenters. The van der Waals surface area contributed by atoms with Crippen molar-refractivity contribution in [3.05, 3.63) is 17.5 Å². The molecule has 1 aromatic heterocycles. The first-order valence-corrected chi connectivity index (χ1v) is 8.86. The summed E-state index contributed by atoms with van der Waals surface area (Å²) in [6.45, 7) is 1.37. The van der Waals surface area contributed by atoms with Crippen LogP contribution in [0.1, 0.15) is 49.4 Å². The smallest absolute Gasteiger partial charge is 0.315 e. The van der Waals surface area contributed by atoms with E-state index in [1.54, 1.807) is 14.2 Å². The molecule has 2 aliphatic carbocycles. The monoisotopic (exact) mass is 336 g/mol. The van der Waals surface area contributed by atoms with Crippen molar-refractivity contribution in [1.29, 1.82) is 0 Å². The number of nitrogens with one attached hydrogen (secondary N) is 2. The fourth-order valence-corrected chi connectivity index (χ4v) is 3.78. The summed E-state index contributed by atoms with van der Waals surface area (Å²) in [6, 6.07) is -0.0227. The Labute approximate surface area is 143 Å². The topological polar surface area (TPSA) is 77.4 Å². The molecule has 7 nitrogen and oxygen atoms in total. The van der Waals surface area contributed by atoms with Crippen molar-refractivity contribution in [3.63, 3.8) is 0 Å². The van der Waals surface area contributed by atoms with Crippen molar-refractivity contribution in [2.24, 2.45) is 0 Å². The summed E-state index contributed by atoms with van der Waals surface area (Å²) < 4.78 is 12.5. The maximum atomic E-state index is 12.4. The van der Waals surface area contributed by atoms with Crippen LogP contribution < -0.4 is 10.6 Å². The SMILES string of the molecule is COCCn1cc2c(n1)[C@H](NC(=O)N[C@@H]1CCC[C@H]1OC)CCC2. The van der Waals surface area contributed by atoms with Crippen LogP contribution in [0, 0.1) is 0 Å². The molecule has 3 rings (SSSR count). The number of aromatic nitrogens is 2. The minimum atomic E-state index is -0.117. The molecule has 1 aromatic rings. The number of methoxy groups -OCH3 is 2. The van der Waals surface area contributed by atoms with Gasteiger partial charge in [0.2, 0.25) is 0 Å². The zero-order chi connectivity index (χ0) is 16.9. The van der Waals surface area contributed by atoms with Gasteiger partial charge in [-0.2, -0.15) is 5.10 Å². The zero-order valence-electron chi connectivity index (χ0n) is 14.6. The van der Waals surface area contributed by atoms with Crippen molar-refractivity contribution < 1.29 is 14.3 Å². The highest BCUT2D eigenvalue weighted by atomic mass is 16.5. The van der Waals surface area contributed by atoms with Crippen LogP contribution in [-0.2, 0) is 22.4 Å². The third-order valence-electron chi connectivity index (χ3n) is 5.04. The number of carbonyl (C=O) groups is 1. The normalized spacial score (nSPS) is 26.2. The molecule has 0 radical (unpaired) electrons. The number of hydrogen-bond acceptors (Lipinski definition) is 4. The van der Waals surface area contributed by atoms with E-state index >= 15 is 0 Å². The second-order valence-corrected chi connectivity index (χ2v) is 6.67. The molecule has 0 aliphatic heterocycles. The summed E-state index contributed by atoms with van der Waals surface area (Å²) in [4.78, 5) is 12.4. The van der Waals surface area contributed by atoms with Gasteiger partial charge in [-0.15, -0.1) is 0 Å². The number of ether oxygens (including phenoxy) is 2. The van der Waals surface area contributed by atoms with E-state index in [9.17, 15) is 4.79 Å². The lowest BCUT2D eigenvalue weighted by Gasteiger charge is -2.25. The van der Waals surface area contributed by atoms with Crippen LogP contribution in [0.15, 0.2) is 6.20 Å². The van der Waals surface area contributed by atoms with E-state index < -0.39 is 0 Å². The molecule has 2 amide bonds. The van der Waals surface area contributed by atoms with Gasteiger partial charge < -0.3 is 20.1 Å². The number of carbonyl (C=O) groups excluding carboxylic acids is 1. The van der Waals surface area contributed by atoms with Gasteiger partial charge in [0.15, 0.2) is 0 Å². The molecule has 0 saturated heterocycles. The average molecular weight is 336 g/mol. The second-order valence-electron chi connectivity index (χ2n) is 6.67. The standard InChI is InChI=1S/C17H28N4O3/c1-23-10-9-21-11-12-5-3-7-14(16(12)20-21)19-17(22)18-13-6-4-8-15(13)24-2/h11,13-15H,3-10H2,1-2H3,(H2,18,19,22)/t13-,14-,15-/m1/s1. The predicted molar refractivity (Wildman–Crippen MR) is 89.9 cm³/mol. The van der Waals surface area contributed by atoms with Gasteiger partial charge in [0.25, 0.3) is 0 Å². The Morgan fingerprint density at radius 3 is 2.96 bits per heavy atom. The summed E-state index contributed by atoms with van der Waals surface area (Å²) in [6.07, 6.45) is 8.32. The lowest BCUT2D eigenvalue weighted by atomic mass is 9.94. The van der Waals surface area contributed by atoms with Crippen LogP contribution in [0.4, 0.5) is 4.79 Å². The molecule has 0 aromatic carbocycles. The van der Waals surface area contributed by atoms with Crippen molar-refractivity contribution >= 4 is 6.03 Å². The highest BCUT2D eigenvalue weighted by Crippen LogP contribution is 2.28. The summed E-state index contributed by atoms with van der Waals surface area (Å²) in [5.74, 6) is 0. The van der Waals surface area contributed by atoms with Gasteiger partial charge in [-0.05, 0) is 44.1 Å². The Morgan fingerprint density at radius 1 is 1.29 bits per heavy atom. The van der Waals surface area contributed by atoms with E-state index in [4.69, 9.17) is 9.47 Å². The van der Waals surface area contributed by atoms with E-state index in [-0.39, 0.29) is 24.2 Å². The average Bonchev–Trinajstić information content (AvgIpc) is 3.19. The fourth-order valence-electron chi connectivity index (χ4n) is 3.78. The first kappa shape index (κ1) is 17.2. The molecule has 0 bridgehead atoms. The van der Waals surface area contributed by atoms with E-state index in [1.165, 1.54) is 5.56 Å². The van der Waals surface area contributed by atoms with Gasteiger partial charge in [0.05, 0.1) is 37.0 Å². The summed E-state index contributed by atoms with van der Waals surface area (Å²) in [7, 11) is 3.40. The molecular weight excluding hydrogens is 308 g/mol. The first-order chi connectivity index (χ1) is 11.7. The van der Waals surface area contributed by atoms with Crippen LogP contribution in [0.5, 0.6) is 0 Å². The fraction of sp³-hybridized carbons (Fsp3) is 0.765.